The summed E-state index contributed by atoms with van der Waals surface area (Å²) < 4.78 is 9.46. The molecule has 0 fully saturated rings. The third kappa shape index (κ3) is 4.26. The maximum absolute atomic E-state index is 12.7. The number of aromatic nitrogens is 2. The van der Waals surface area contributed by atoms with E-state index in [0.29, 0.717) is 16.4 Å². The smallest absolute Gasteiger partial charge is 0.348 e. The van der Waals surface area contributed by atoms with E-state index in [-0.39, 0.29) is 22.2 Å². The van der Waals surface area contributed by atoms with Crippen molar-refractivity contribution in [1.82, 2.24) is 9.97 Å². The van der Waals surface area contributed by atoms with E-state index in [1.54, 1.807) is 11.8 Å². The highest BCUT2D eigenvalue weighted by Crippen LogP contribution is 2.30. The number of hydrogen-bond acceptors (Lipinski definition) is 8. The molecule has 3 rings (SSSR count). The number of fused-ring (bicyclic) bond motifs is 1. The normalized spacial score (nSPS) is 10.8. The molecule has 0 unspecified atom stereocenters. The predicted octanol–water partition coefficient (Wildman–Crippen LogP) is 3.09. The van der Waals surface area contributed by atoms with Crippen LogP contribution in [0.1, 0.15) is 26.6 Å². The lowest BCUT2D eigenvalue weighted by Gasteiger charge is -2.03. The van der Waals surface area contributed by atoms with Crippen molar-refractivity contribution in [3.8, 4) is 0 Å². The quantitative estimate of drug-likeness (QED) is 0.485. The van der Waals surface area contributed by atoms with Crippen molar-refractivity contribution in [3.05, 3.63) is 56.4 Å². The summed E-state index contributed by atoms with van der Waals surface area (Å²) in [5.74, 6) is -0.211. The Morgan fingerprint density at radius 1 is 1.18 bits per heavy atom. The Labute approximate surface area is 169 Å². The van der Waals surface area contributed by atoms with Gasteiger partial charge in [-0.3, -0.25) is 9.59 Å². The fourth-order valence-electron chi connectivity index (χ4n) is 2.61. The molecule has 0 aliphatic rings. The number of esters is 2. The Morgan fingerprint density at radius 3 is 2.54 bits per heavy atom. The molecule has 2 aromatic heterocycles. The van der Waals surface area contributed by atoms with Gasteiger partial charge in [0.05, 0.1) is 31.8 Å². The monoisotopic (exact) mass is 418 g/mol. The molecule has 0 saturated carbocycles. The maximum Gasteiger partial charge on any atom is 0.348 e. The molecule has 0 aliphatic carbocycles. The number of hydrogen-bond donors (Lipinski definition) is 1. The highest BCUT2D eigenvalue weighted by molar-refractivity contribution is 7.98. The Bertz CT molecular complexity index is 1090. The van der Waals surface area contributed by atoms with Crippen LogP contribution in [-0.4, -0.2) is 36.1 Å². The standard InChI is InChI=1S/C19H18N2O5S2/c1-10-4-6-11(7-5-10)27-9-13-20-17(23)15-12(8-14(22)25-2)16(19(24)26-3)28-18(15)21-13/h4-7H,8-9H2,1-3H3,(H,20,21,23). The molecule has 2 heterocycles. The summed E-state index contributed by atoms with van der Waals surface area (Å²) in [7, 11) is 2.49. The second-order valence-corrected chi connectivity index (χ2v) is 8.00. The van der Waals surface area contributed by atoms with E-state index in [2.05, 4.69) is 14.7 Å². The number of aryl methyl sites for hydroxylation is 1. The van der Waals surface area contributed by atoms with Crippen LogP contribution in [0.15, 0.2) is 34.0 Å². The molecule has 0 atom stereocenters. The van der Waals surface area contributed by atoms with E-state index >= 15 is 0 Å². The Balaban J connectivity index is 1.97. The highest BCUT2D eigenvalue weighted by Gasteiger charge is 2.24. The lowest BCUT2D eigenvalue weighted by molar-refractivity contribution is -0.139. The number of carbonyl (C=O) groups excluding carboxylic acids is 2. The van der Waals surface area contributed by atoms with Gasteiger partial charge in [-0.15, -0.1) is 23.1 Å². The molecule has 9 heteroatoms. The zero-order valence-electron chi connectivity index (χ0n) is 15.5. The number of nitrogens with one attached hydrogen (secondary N) is 1. The summed E-state index contributed by atoms with van der Waals surface area (Å²) in [4.78, 5) is 45.4. The van der Waals surface area contributed by atoms with Crippen LogP contribution in [0.3, 0.4) is 0 Å². The SMILES string of the molecule is COC(=O)Cc1c(C(=O)OC)sc2nc(CSc3ccc(C)cc3)[nH]c(=O)c12. The first-order valence-electron chi connectivity index (χ1n) is 8.32. The van der Waals surface area contributed by atoms with Gasteiger partial charge in [0.25, 0.3) is 5.56 Å². The molecule has 0 spiro atoms. The van der Waals surface area contributed by atoms with E-state index < -0.39 is 17.5 Å². The van der Waals surface area contributed by atoms with Crippen molar-refractivity contribution in [2.24, 2.45) is 0 Å². The van der Waals surface area contributed by atoms with Crippen LogP contribution in [0, 0.1) is 6.92 Å². The molecule has 28 heavy (non-hydrogen) atoms. The fraction of sp³-hybridized carbons (Fsp3) is 0.263. The zero-order chi connectivity index (χ0) is 20.3. The summed E-state index contributed by atoms with van der Waals surface area (Å²) in [6, 6.07) is 8.04. The number of benzene rings is 1. The molecule has 3 aromatic rings. The van der Waals surface area contributed by atoms with E-state index in [9.17, 15) is 14.4 Å². The fourth-order valence-corrected chi connectivity index (χ4v) is 4.51. The summed E-state index contributed by atoms with van der Waals surface area (Å²) in [6.07, 6.45) is -0.205. The van der Waals surface area contributed by atoms with E-state index in [1.807, 2.05) is 31.2 Å². The van der Waals surface area contributed by atoms with Crippen LogP contribution in [0.25, 0.3) is 10.2 Å². The lowest BCUT2D eigenvalue weighted by atomic mass is 10.1. The van der Waals surface area contributed by atoms with Crippen molar-refractivity contribution in [2.75, 3.05) is 14.2 Å². The van der Waals surface area contributed by atoms with Crippen LogP contribution in [-0.2, 0) is 26.4 Å². The van der Waals surface area contributed by atoms with Gasteiger partial charge in [-0.25, -0.2) is 9.78 Å². The maximum atomic E-state index is 12.7. The second-order valence-electron chi connectivity index (χ2n) is 5.95. The van der Waals surface area contributed by atoms with Gasteiger partial charge >= 0.3 is 11.9 Å². The number of rotatable bonds is 6. The van der Waals surface area contributed by atoms with Crippen LogP contribution in [0.4, 0.5) is 0 Å². The van der Waals surface area contributed by atoms with Crippen molar-refractivity contribution < 1.29 is 19.1 Å². The van der Waals surface area contributed by atoms with Gasteiger partial charge in [0, 0.05) is 10.5 Å². The molecular formula is C19H18N2O5S2. The number of thioether (sulfide) groups is 1. The van der Waals surface area contributed by atoms with Crippen molar-refractivity contribution >= 4 is 45.3 Å². The zero-order valence-corrected chi connectivity index (χ0v) is 17.2. The Kier molecular flexibility index (Phi) is 6.15. The Morgan fingerprint density at radius 2 is 1.89 bits per heavy atom. The molecule has 0 saturated heterocycles. The minimum absolute atomic E-state index is 0.184. The van der Waals surface area contributed by atoms with Gasteiger partial charge in [0.15, 0.2) is 0 Å². The molecule has 146 valence electrons. The first kappa shape index (κ1) is 20.1. The van der Waals surface area contributed by atoms with E-state index in [0.717, 1.165) is 16.2 Å². The minimum atomic E-state index is -0.614. The van der Waals surface area contributed by atoms with Crippen LogP contribution in [0.5, 0.6) is 0 Å². The van der Waals surface area contributed by atoms with Gasteiger partial charge < -0.3 is 14.5 Å². The average Bonchev–Trinajstić information content (AvgIpc) is 3.05. The van der Waals surface area contributed by atoms with Crippen molar-refractivity contribution in [3.63, 3.8) is 0 Å². The molecule has 0 radical (unpaired) electrons. The van der Waals surface area contributed by atoms with Crippen molar-refractivity contribution in [2.45, 2.75) is 24.0 Å². The summed E-state index contributed by atoms with van der Waals surface area (Å²) >= 11 is 2.58. The Hall–Kier alpha value is -2.65. The summed E-state index contributed by atoms with van der Waals surface area (Å²) in [6.45, 7) is 2.02. The number of methoxy groups -OCH3 is 2. The molecule has 0 bridgehead atoms. The minimum Gasteiger partial charge on any atom is -0.469 e. The number of aromatic amines is 1. The molecule has 1 N–H and O–H groups in total. The van der Waals surface area contributed by atoms with Gasteiger partial charge in [-0.05, 0) is 19.1 Å². The number of thiophene rings is 1. The van der Waals surface area contributed by atoms with Crippen molar-refractivity contribution in [1.29, 1.82) is 0 Å². The predicted molar refractivity (Wildman–Crippen MR) is 108 cm³/mol. The van der Waals surface area contributed by atoms with Crippen LogP contribution in [0.2, 0.25) is 0 Å². The topological polar surface area (TPSA) is 98.3 Å². The third-order valence-corrected chi connectivity index (χ3v) is 6.16. The highest BCUT2D eigenvalue weighted by atomic mass is 32.2. The van der Waals surface area contributed by atoms with Gasteiger partial charge in [-0.2, -0.15) is 0 Å². The molecule has 1 aromatic carbocycles. The number of carbonyl (C=O) groups is 2. The third-order valence-electron chi connectivity index (χ3n) is 4.03. The summed E-state index contributed by atoms with van der Waals surface area (Å²) in [5, 5.41) is 0.222. The largest absolute Gasteiger partial charge is 0.469 e. The van der Waals surface area contributed by atoms with Gasteiger partial charge in [-0.1, -0.05) is 17.7 Å². The summed E-state index contributed by atoms with van der Waals surface area (Å²) in [5.41, 5.74) is 1.06. The average molecular weight is 418 g/mol. The van der Waals surface area contributed by atoms with E-state index in [4.69, 9.17) is 4.74 Å². The molecule has 0 amide bonds. The van der Waals surface area contributed by atoms with E-state index in [1.165, 1.54) is 19.8 Å². The first-order chi connectivity index (χ1) is 13.4. The number of ether oxygens (including phenoxy) is 2. The molecule has 7 nitrogen and oxygen atoms in total. The number of nitrogens with zero attached hydrogens (tertiary/aromatic N) is 1. The van der Waals surface area contributed by atoms with Crippen LogP contribution >= 0.6 is 23.1 Å². The van der Waals surface area contributed by atoms with Gasteiger partial charge in [0.2, 0.25) is 0 Å². The molecular weight excluding hydrogens is 400 g/mol. The number of H-pyrrole nitrogens is 1. The molecule has 0 aliphatic heterocycles. The first-order valence-corrected chi connectivity index (χ1v) is 10.1. The van der Waals surface area contributed by atoms with Crippen LogP contribution < -0.4 is 5.56 Å². The van der Waals surface area contributed by atoms with Gasteiger partial charge in [0.1, 0.15) is 15.5 Å². The lowest BCUT2D eigenvalue weighted by Crippen LogP contribution is -2.15. The second kappa shape index (κ2) is 8.57.